The van der Waals surface area contributed by atoms with Gasteiger partial charge in [-0.05, 0) is 55.3 Å². The molecule has 3 N–H and O–H groups in total. The summed E-state index contributed by atoms with van der Waals surface area (Å²) in [5, 5.41) is 3.59. The third kappa shape index (κ3) is 6.35. The highest BCUT2D eigenvalue weighted by Crippen LogP contribution is 2.25. The fourth-order valence-corrected chi connectivity index (χ4v) is 3.63. The van der Waals surface area contributed by atoms with Gasteiger partial charge in [0.25, 0.3) is 5.91 Å². The summed E-state index contributed by atoms with van der Waals surface area (Å²) in [5.74, 6) is -0.479. The number of carbonyl (C=O) groups is 3. The number of rotatable bonds is 7. The number of carbonyl (C=O) groups excluding carboxylic acids is 3. The van der Waals surface area contributed by atoms with Crippen molar-refractivity contribution in [2.24, 2.45) is 11.7 Å². The molecule has 1 unspecified atom stereocenters. The van der Waals surface area contributed by atoms with Crippen molar-refractivity contribution in [2.45, 2.75) is 19.3 Å². The molecule has 1 fully saturated rings. The fourth-order valence-electron chi connectivity index (χ4n) is 3.34. The number of nitrogens with one attached hydrogen (secondary N) is 1. The second kappa shape index (κ2) is 10.5. The zero-order chi connectivity index (χ0) is 22.4. The zero-order valence-electron chi connectivity index (χ0n) is 16.8. The lowest BCUT2D eigenvalue weighted by molar-refractivity contribution is -0.121. The van der Waals surface area contributed by atoms with Gasteiger partial charge in [0.1, 0.15) is 5.75 Å². The summed E-state index contributed by atoms with van der Waals surface area (Å²) >= 11 is 11.9. The van der Waals surface area contributed by atoms with Gasteiger partial charge < -0.3 is 20.7 Å². The number of ether oxygens (including phenoxy) is 1. The average Bonchev–Trinajstić information content (AvgIpc) is 2.76. The van der Waals surface area contributed by atoms with E-state index in [1.807, 2.05) is 0 Å². The minimum atomic E-state index is -0.428. The summed E-state index contributed by atoms with van der Waals surface area (Å²) < 4.78 is 5.42. The number of amides is 3. The van der Waals surface area contributed by atoms with E-state index in [4.69, 9.17) is 33.7 Å². The first-order valence-electron chi connectivity index (χ1n) is 9.90. The van der Waals surface area contributed by atoms with E-state index in [1.54, 1.807) is 47.4 Å². The fraction of sp³-hybridized carbons (Fsp3) is 0.318. The van der Waals surface area contributed by atoms with E-state index in [-0.39, 0.29) is 30.8 Å². The van der Waals surface area contributed by atoms with Crippen LogP contribution in [0.4, 0.5) is 5.69 Å². The number of piperidine rings is 1. The molecule has 1 aliphatic rings. The minimum absolute atomic E-state index is 0.137. The van der Waals surface area contributed by atoms with E-state index in [2.05, 4.69) is 5.32 Å². The molecular weight excluding hydrogens is 441 g/mol. The lowest BCUT2D eigenvalue weighted by Gasteiger charge is -2.32. The number of benzene rings is 2. The van der Waals surface area contributed by atoms with Crippen LogP contribution in [0.25, 0.3) is 0 Å². The van der Waals surface area contributed by atoms with Crippen LogP contribution in [0.2, 0.25) is 10.0 Å². The normalized spacial score (nSPS) is 15.9. The molecule has 0 spiro atoms. The Morgan fingerprint density at radius 3 is 2.52 bits per heavy atom. The first-order chi connectivity index (χ1) is 14.8. The molecule has 2 aromatic rings. The summed E-state index contributed by atoms with van der Waals surface area (Å²) in [6.07, 6.45) is 1.57. The van der Waals surface area contributed by atoms with Crippen molar-refractivity contribution in [3.63, 3.8) is 0 Å². The molecule has 1 aliphatic heterocycles. The first kappa shape index (κ1) is 22.9. The van der Waals surface area contributed by atoms with Gasteiger partial charge in [0.2, 0.25) is 11.8 Å². The lowest BCUT2D eigenvalue weighted by atomic mass is 9.96. The molecule has 0 bridgehead atoms. The molecule has 7 nitrogen and oxygen atoms in total. The molecule has 0 saturated carbocycles. The number of likely N-dealkylation sites (tertiary alicyclic amines) is 1. The zero-order valence-corrected chi connectivity index (χ0v) is 18.3. The van der Waals surface area contributed by atoms with Crippen LogP contribution in [-0.4, -0.2) is 42.3 Å². The van der Waals surface area contributed by atoms with Crippen molar-refractivity contribution in [1.29, 1.82) is 0 Å². The summed E-state index contributed by atoms with van der Waals surface area (Å²) in [7, 11) is 0. The molecule has 31 heavy (non-hydrogen) atoms. The maximum Gasteiger partial charge on any atom is 0.253 e. The number of hydrogen-bond donors (Lipinski definition) is 2. The Labute approximate surface area is 190 Å². The molecular formula is C22H23Cl2N3O4. The summed E-state index contributed by atoms with van der Waals surface area (Å²) in [4.78, 5) is 38.0. The van der Waals surface area contributed by atoms with Crippen LogP contribution in [0.5, 0.6) is 5.75 Å². The van der Waals surface area contributed by atoms with Gasteiger partial charge in [-0.2, -0.15) is 0 Å². The topological polar surface area (TPSA) is 102 Å². The molecule has 1 saturated heterocycles. The Balaban J connectivity index is 1.56. The molecule has 2 aromatic carbocycles. The minimum Gasteiger partial charge on any atom is -0.493 e. The Morgan fingerprint density at radius 1 is 1.10 bits per heavy atom. The third-order valence-electron chi connectivity index (χ3n) is 4.98. The number of nitrogens with two attached hydrogens (primary N) is 1. The van der Waals surface area contributed by atoms with Crippen LogP contribution in [-0.2, 0) is 9.59 Å². The van der Waals surface area contributed by atoms with Gasteiger partial charge in [0.05, 0.1) is 29.0 Å². The van der Waals surface area contributed by atoms with Crippen molar-refractivity contribution in [3.8, 4) is 5.75 Å². The molecule has 3 amide bonds. The van der Waals surface area contributed by atoms with E-state index >= 15 is 0 Å². The quantitative estimate of drug-likeness (QED) is 0.652. The van der Waals surface area contributed by atoms with Crippen molar-refractivity contribution in [2.75, 3.05) is 25.0 Å². The first-order valence-corrected chi connectivity index (χ1v) is 10.7. The Hall–Kier alpha value is -2.77. The molecule has 0 radical (unpaired) electrons. The van der Waals surface area contributed by atoms with Gasteiger partial charge >= 0.3 is 0 Å². The van der Waals surface area contributed by atoms with Gasteiger partial charge in [-0.1, -0.05) is 23.2 Å². The average molecular weight is 464 g/mol. The van der Waals surface area contributed by atoms with Crippen LogP contribution in [0.1, 0.15) is 29.6 Å². The highest BCUT2D eigenvalue weighted by molar-refractivity contribution is 6.42. The highest BCUT2D eigenvalue weighted by atomic mass is 35.5. The standard InChI is InChI=1S/C22H23Cl2N3O4/c23-18-8-3-14(12-19(18)24)22(30)27-10-1-2-15(13-27)21(29)26-16-4-6-17(7-5-16)31-11-9-20(25)28/h3-8,12,15H,1-2,9-11,13H2,(H2,25,28)(H,26,29). The maximum absolute atomic E-state index is 12.8. The van der Waals surface area contributed by atoms with Crippen molar-refractivity contribution >= 4 is 46.6 Å². The molecule has 3 rings (SSSR count). The summed E-state index contributed by atoms with van der Waals surface area (Å²) in [6.45, 7) is 1.12. The molecule has 9 heteroatoms. The van der Waals surface area contributed by atoms with Gasteiger partial charge in [0.15, 0.2) is 0 Å². The second-order valence-electron chi connectivity index (χ2n) is 7.30. The predicted molar refractivity (Wildman–Crippen MR) is 119 cm³/mol. The Kier molecular flexibility index (Phi) is 7.76. The Bertz CT molecular complexity index is 966. The maximum atomic E-state index is 12.8. The van der Waals surface area contributed by atoms with Gasteiger partial charge in [0, 0.05) is 24.3 Å². The van der Waals surface area contributed by atoms with Gasteiger partial charge in [-0.3, -0.25) is 14.4 Å². The predicted octanol–water partition coefficient (Wildman–Crippen LogP) is 3.74. The summed E-state index contributed by atoms with van der Waals surface area (Å²) in [5.41, 5.74) is 6.15. The number of halogens is 2. The molecule has 1 heterocycles. The van der Waals surface area contributed by atoms with Crippen LogP contribution in [0.3, 0.4) is 0 Å². The highest BCUT2D eigenvalue weighted by Gasteiger charge is 2.29. The number of anilines is 1. The number of nitrogens with zero attached hydrogens (tertiary/aromatic N) is 1. The smallest absolute Gasteiger partial charge is 0.253 e. The molecule has 0 aromatic heterocycles. The van der Waals surface area contributed by atoms with Crippen LogP contribution in [0, 0.1) is 5.92 Å². The van der Waals surface area contributed by atoms with E-state index in [0.717, 1.165) is 6.42 Å². The monoisotopic (exact) mass is 463 g/mol. The SMILES string of the molecule is NC(=O)CCOc1ccc(NC(=O)C2CCCN(C(=O)c3ccc(Cl)c(Cl)c3)C2)cc1. The second-order valence-corrected chi connectivity index (χ2v) is 8.11. The Morgan fingerprint density at radius 2 is 1.84 bits per heavy atom. The van der Waals surface area contributed by atoms with E-state index < -0.39 is 5.91 Å². The number of primary amides is 1. The van der Waals surface area contributed by atoms with E-state index in [0.29, 0.717) is 46.6 Å². The lowest BCUT2D eigenvalue weighted by Crippen LogP contribution is -2.43. The van der Waals surface area contributed by atoms with Crippen molar-refractivity contribution in [1.82, 2.24) is 4.90 Å². The number of hydrogen-bond acceptors (Lipinski definition) is 4. The third-order valence-corrected chi connectivity index (χ3v) is 5.72. The van der Waals surface area contributed by atoms with E-state index in [1.165, 1.54) is 0 Å². The van der Waals surface area contributed by atoms with E-state index in [9.17, 15) is 14.4 Å². The molecule has 0 aliphatic carbocycles. The van der Waals surface area contributed by atoms with Gasteiger partial charge in [-0.15, -0.1) is 0 Å². The summed E-state index contributed by atoms with van der Waals surface area (Å²) in [6, 6.07) is 11.6. The largest absolute Gasteiger partial charge is 0.493 e. The van der Waals surface area contributed by atoms with Crippen LogP contribution < -0.4 is 15.8 Å². The van der Waals surface area contributed by atoms with Crippen LogP contribution in [0.15, 0.2) is 42.5 Å². The van der Waals surface area contributed by atoms with Crippen molar-refractivity contribution < 1.29 is 19.1 Å². The van der Waals surface area contributed by atoms with Crippen molar-refractivity contribution in [3.05, 3.63) is 58.1 Å². The molecule has 164 valence electrons. The molecule has 1 atom stereocenters. The van der Waals surface area contributed by atoms with Gasteiger partial charge in [-0.25, -0.2) is 0 Å². The van der Waals surface area contributed by atoms with Crippen LogP contribution >= 0.6 is 23.2 Å².